The molecule has 0 aromatic carbocycles. The van der Waals surface area contributed by atoms with Crippen LogP contribution in [0.15, 0.2) is 0 Å². The van der Waals surface area contributed by atoms with Crippen LogP contribution in [-0.4, -0.2) is 38.1 Å². The van der Waals surface area contributed by atoms with Gasteiger partial charge in [0.2, 0.25) is 0 Å². The van der Waals surface area contributed by atoms with E-state index in [2.05, 4.69) is 24.2 Å². The zero-order valence-corrected chi connectivity index (χ0v) is 8.47. The summed E-state index contributed by atoms with van der Waals surface area (Å²) in [5.41, 5.74) is 0. The Kier molecular flexibility index (Phi) is 4.62. The van der Waals surface area contributed by atoms with Crippen LogP contribution in [0.4, 0.5) is 0 Å². The Bertz CT molecular complexity index is 102. The third-order valence-electron chi connectivity index (χ3n) is 2.59. The van der Waals surface area contributed by atoms with E-state index in [0.717, 1.165) is 12.5 Å². The smallest absolute Gasteiger partial charge is 0.0104 e. The van der Waals surface area contributed by atoms with Gasteiger partial charge in [-0.05, 0) is 32.4 Å². The average Bonchev–Trinajstić information content (AvgIpc) is 2.02. The van der Waals surface area contributed by atoms with Crippen molar-refractivity contribution in [3.8, 4) is 0 Å². The molecule has 1 rings (SSSR count). The lowest BCUT2D eigenvalue weighted by Crippen LogP contribution is -2.33. The fraction of sp³-hybridized carbons (Fsp3) is 1.00. The first-order chi connectivity index (χ1) is 5.79. The Labute approximate surface area is 76.3 Å². The van der Waals surface area contributed by atoms with E-state index >= 15 is 0 Å². The summed E-state index contributed by atoms with van der Waals surface area (Å²) < 4.78 is 0. The van der Waals surface area contributed by atoms with Gasteiger partial charge in [0.25, 0.3) is 0 Å². The molecule has 1 N–H and O–H groups in total. The molecule has 0 amide bonds. The maximum atomic E-state index is 3.46. The third kappa shape index (κ3) is 4.07. The number of rotatable bonds is 0. The van der Waals surface area contributed by atoms with Crippen LogP contribution < -0.4 is 5.32 Å². The molecule has 0 aliphatic carbocycles. The third-order valence-corrected chi connectivity index (χ3v) is 2.59. The maximum absolute atomic E-state index is 3.46. The molecule has 1 unspecified atom stereocenters. The molecule has 1 aliphatic heterocycles. The van der Waals surface area contributed by atoms with Crippen LogP contribution in [0.25, 0.3) is 0 Å². The first kappa shape index (κ1) is 10.0. The van der Waals surface area contributed by atoms with E-state index in [0.29, 0.717) is 0 Å². The van der Waals surface area contributed by atoms with Crippen molar-refractivity contribution in [1.29, 1.82) is 0 Å². The Morgan fingerprint density at radius 2 is 2.08 bits per heavy atom. The van der Waals surface area contributed by atoms with Crippen LogP contribution >= 0.6 is 0 Å². The lowest BCUT2D eigenvalue weighted by Gasteiger charge is -2.23. The van der Waals surface area contributed by atoms with E-state index in [1.807, 2.05) is 0 Å². The predicted molar refractivity (Wildman–Crippen MR) is 53.4 cm³/mol. The summed E-state index contributed by atoms with van der Waals surface area (Å²) in [4.78, 5) is 2.43. The summed E-state index contributed by atoms with van der Waals surface area (Å²) in [7, 11) is 2.22. The molecule has 0 aromatic rings. The second-order valence-corrected chi connectivity index (χ2v) is 4.11. The fourth-order valence-corrected chi connectivity index (χ4v) is 1.85. The standard InChI is InChI=1S/C10H22N2/c1-10-5-3-4-6-11-7-8-12(2)9-10/h10-11H,3-9H2,1-2H3. The van der Waals surface area contributed by atoms with Gasteiger partial charge in [0.05, 0.1) is 0 Å². The SMILES string of the molecule is CC1CCCCNCCN(C)C1. The van der Waals surface area contributed by atoms with Gasteiger partial charge in [0.15, 0.2) is 0 Å². The largest absolute Gasteiger partial charge is 0.315 e. The molecule has 0 bridgehead atoms. The molecule has 1 aliphatic rings. The normalized spacial score (nSPS) is 30.0. The van der Waals surface area contributed by atoms with Crippen LogP contribution in [0, 0.1) is 5.92 Å². The first-order valence-corrected chi connectivity index (χ1v) is 5.18. The minimum absolute atomic E-state index is 0.882. The van der Waals surface area contributed by atoms with Gasteiger partial charge in [-0.25, -0.2) is 0 Å². The Morgan fingerprint density at radius 1 is 1.25 bits per heavy atom. The highest BCUT2D eigenvalue weighted by atomic mass is 15.1. The Balaban J connectivity index is 2.24. The maximum Gasteiger partial charge on any atom is 0.0104 e. The first-order valence-electron chi connectivity index (χ1n) is 5.18. The van der Waals surface area contributed by atoms with Gasteiger partial charge in [0.1, 0.15) is 0 Å². The average molecular weight is 170 g/mol. The van der Waals surface area contributed by atoms with Crippen LogP contribution in [0.3, 0.4) is 0 Å². The quantitative estimate of drug-likeness (QED) is 0.590. The highest BCUT2D eigenvalue weighted by Gasteiger charge is 2.07. The van der Waals surface area contributed by atoms with Gasteiger partial charge >= 0.3 is 0 Å². The molecule has 2 heteroatoms. The molecule has 0 spiro atoms. The Morgan fingerprint density at radius 3 is 2.92 bits per heavy atom. The number of nitrogens with one attached hydrogen (secondary N) is 1. The number of nitrogens with zero attached hydrogens (tertiary/aromatic N) is 1. The summed E-state index contributed by atoms with van der Waals surface area (Å²) in [6.07, 6.45) is 4.14. The van der Waals surface area contributed by atoms with Gasteiger partial charge < -0.3 is 10.2 Å². The van der Waals surface area contributed by atoms with Crippen molar-refractivity contribution >= 4 is 0 Å². The van der Waals surface area contributed by atoms with Crippen LogP contribution in [0.1, 0.15) is 26.2 Å². The Hall–Kier alpha value is -0.0800. The van der Waals surface area contributed by atoms with E-state index in [1.165, 1.54) is 38.9 Å². The monoisotopic (exact) mass is 170 g/mol. The van der Waals surface area contributed by atoms with E-state index < -0.39 is 0 Å². The molecule has 2 nitrogen and oxygen atoms in total. The molecule has 1 fully saturated rings. The minimum atomic E-state index is 0.882. The van der Waals surface area contributed by atoms with Crippen LogP contribution in [-0.2, 0) is 0 Å². The molecule has 0 saturated carbocycles. The summed E-state index contributed by atoms with van der Waals surface area (Å²) in [6.45, 7) is 7.20. The molecular formula is C10H22N2. The number of likely N-dealkylation sites (N-methyl/N-ethyl adjacent to an activating group) is 1. The van der Waals surface area contributed by atoms with Crippen LogP contribution in [0.2, 0.25) is 0 Å². The van der Waals surface area contributed by atoms with Crippen molar-refractivity contribution in [1.82, 2.24) is 10.2 Å². The molecule has 1 heterocycles. The lowest BCUT2D eigenvalue weighted by atomic mass is 10.0. The van der Waals surface area contributed by atoms with Crippen molar-refractivity contribution in [2.75, 3.05) is 33.2 Å². The van der Waals surface area contributed by atoms with Crippen molar-refractivity contribution in [3.05, 3.63) is 0 Å². The zero-order chi connectivity index (χ0) is 8.81. The zero-order valence-electron chi connectivity index (χ0n) is 8.47. The van der Waals surface area contributed by atoms with Gasteiger partial charge in [-0.2, -0.15) is 0 Å². The molecule has 12 heavy (non-hydrogen) atoms. The van der Waals surface area contributed by atoms with E-state index in [9.17, 15) is 0 Å². The van der Waals surface area contributed by atoms with Gasteiger partial charge in [-0.3, -0.25) is 0 Å². The van der Waals surface area contributed by atoms with Crippen molar-refractivity contribution < 1.29 is 0 Å². The topological polar surface area (TPSA) is 15.3 Å². The van der Waals surface area contributed by atoms with Gasteiger partial charge in [0, 0.05) is 19.6 Å². The van der Waals surface area contributed by atoms with Crippen LogP contribution in [0.5, 0.6) is 0 Å². The minimum Gasteiger partial charge on any atom is -0.315 e. The van der Waals surface area contributed by atoms with Crippen molar-refractivity contribution in [3.63, 3.8) is 0 Å². The molecule has 72 valence electrons. The molecular weight excluding hydrogens is 148 g/mol. The summed E-state index contributed by atoms with van der Waals surface area (Å²) in [6, 6.07) is 0. The van der Waals surface area contributed by atoms with E-state index in [1.54, 1.807) is 0 Å². The second-order valence-electron chi connectivity index (χ2n) is 4.11. The molecule has 0 radical (unpaired) electrons. The molecule has 0 aromatic heterocycles. The summed E-state index contributed by atoms with van der Waals surface area (Å²) in [5.74, 6) is 0.882. The lowest BCUT2D eigenvalue weighted by molar-refractivity contribution is 0.266. The van der Waals surface area contributed by atoms with Crippen molar-refractivity contribution in [2.24, 2.45) is 5.92 Å². The molecule has 1 atom stereocenters. The summed E-state index contributed by atoms with van der Waals surface area (Å²) in [5, 5.41) is 3.46. The highest BCUT2D eigenvalue weighted by molar-refractivity contribution is 4.63. The molecule has 1 saturated heterocycles. The van der Waals surface area contributed by atoms with E-state index in [-0.39, 0.29) is 0 Å². The number of hydrogen-bond acceptors (Lipinski definition) is 2. The summed E-state index contributed by atoms with van der Waals surface area (Å²) >= 11 is 0. The van der Waals surface area contributed by atoms with E-state index in [4.69, 9.17) is 0 Å². The number of hydrogen-bond donors (Lipinski definition) is 1. The highest BCUT2D eigenvalue weighted by Crippen LogP contribution is 2.09. The van der Waals surface area contributed by atoms with Gasteiger partial charge in [-0.1, -0.05) is 13.3 Å². The second kappa shape index (κ2) is 5.55. The predicted octanol–water partition coefficient (Wildman–Crippen LogP) is 1.33. The van der Waals surface area contributed by atoms with Gasteiger partial charge in [-0.15, -0.1) is 0 Å². The fourth-order valence-electron chi connectivity index (χ4n) is 1.85. The van der Waals surface area contributed by atoms with Crippen molar-refractivity contribution in [2.45, 2.75) is 26.2 Å².